The average Bonchev–Trinajstić information content (AvgIpc) is 2.59. The van der Waals surface area contributed by atoms with Gasteiger partial charge in [-0.25, -0.2) is 4.79 Å². The van der Waals surface area contributed by atoms with E-state index in [9.17, 15) is 31.1 Å². The molecule has 0 radical (unpaired) electrons. The van der Waals surface area contributed by atoms with Crippen molar-refractivity contribution < 1.29 is 31.1 Å². The van der Waals surface area contributed by atoms with Crippen LogP contribution in [0.1, 0.15) is 30.9 Å². The molecule has 1 fully saturated rings. The average molecular weight is 411 g/mol. The van der Waals surface area contributed by atoms with Crippen LogP contribution in [0.25, 0.3) is 0 Å². The highest BCUT2D eigenvalue weighted by Crippen LogP contribution is 2.37. The molecule has 158 valence electrons. The predicted molar refractivity (Wildman–Crippen MR) is 92.9 cm³/mol. The fourth-order valence-electron chi connectivity index (χ4n) is 3.25. The summed E-state index contributed by atoms with van der Waals surface area (Å²) in [5.74, 6) is 0.208. The number of nitrogens with one attached hydrogen (secondary N) is 1. The number of urea groups is 1. The molecule has 1 aromatic rings. The molecule has 1 N–H and O–H groups in total. The lowest BCUT2D eigenvalue weighted by Crippen LogP contribution is -2.45. The van der Waals surface area contributed by atoms with Gasteiger partial charge in [-0.2, -0.15) is 26.3 Å². The van der Waals surface area contributed by atoms with E-state index < -0.39 is 35.2 Å². The maximum atomic E-state index is 12.9. The van der Waals surface area contributed by atoms with Crippen molar-refractivity contribution in [2.24, 2.45) is 5.92 Å². The first kappa shape index (κ1) is 22.3. The van der Waals surface area contributed by atoms with E-state index in [-0.39, 0.29) is 18.0 Å². The second-order valence-electron chi connectivity index (χ2n) is 7.22. The molecule has 1 aliphatic heterocycles. The van der Waals surface area contributed by atoms with Crippen LogP contribution >= 0.6 is 0 Å². The maximum absolute atomic E-state index is 12.9. The first-order valence-corrected chi connectivity index (χ1v) is 8.81. The molecule has 1 saturated heterocycles. The second-order valence-corrected chi connectivity index (χ2v) is 7.22. The number of carbonyl (C=O) groups is 1. The van der Waals surface area contributed by atoms with Crippen molar-refractivity contribution in [3.8, 4) is 0 Å². The number of halogens is 6. The molecule has 1 atom stereocenters. The summed E-state index contributed by atoms with van der Waals surface area (Å²) in [6, 6.07) is 0.0728. The summed E-state index contributed by atoms with van der Waals surface area (Å²) in [6.45, 7) is 3.56. The van der Waals surface area contributed by atoms with Crippen LogP contribution in [0.15, 0.2) is 18.2 Å². The van der Waals surface area contributed by atoms with Gasteiger partial charge < -0.3 is 15.1 Å². The summed E-state index contributed by atoms with van der Waals surface area (Å²) >= 11 is 0. The van der Waals surface area contributed by atoms with Crippen LogP contribution in [0.5, 0.6) is 0 Å². The summed E-state index contributed by atoms with van der Waals surface area (Å²) in [5.41, 5.74) is -3.48. The Morgan fingerprint density at radius 1 is 1.07 bits per heavy atom. The molecule has 0 aliphatic carbocycles. The summed E-state index contributed by atoms with van der Waals surface area (Å²) < 4.78 is 77.6. The van der Waals surface area contributed by atoms with Crippen LogP contribution in [0.2, 0.25) is 0 Å². The van der Waals surface area contributed by atoms with Crippen molar-refractivity contribution in [1.82, 2.24) is 9.80 Å². The first-order valence-electron chi connectivity index (χ1n) is 8.81. The fraction of sp³-hybridized carbons (Fsp3) is 0.611. The predicted octanol–water partition coefficient (Wildman–Crippen LogP) is 4.92. The van der Waals surface area contributed by atoms with Crippen molar-refractivity contribution in [3.63, 3.8) is 0 Å². The molecule has 0 bridgehead atoms. The van der Waals surface area contributed by atoms with Crippen LogP contribution in [0.3, 0.4) is 0 Å². The molecular weight excluding hydrogens is 388 g/mol. The van der Waals surface area contributed by atoms with Gasteiger partial charge in [0.05, 0.1) is 11.1 Å². The molecule has 2 amide bonds. The lowest BCUT2D eigenvalue weighted by atomic mass is 9.90. The van der Waals surface area contributed by atoms with Crippen molar-refractivity contribution in [3.05, 3.63) is 29.3 Å². The number of alkyl halides is 6. The Morgan fingerprint density at radius 3 is 1.96 bits per heavy atom. The lowest BCUT2D eigenvalue weighted by molar-refractivity contribution is -0.143. The highest BCUT2D eigenvalue weighted by Gasteiger charge is 2.37. The van der Waals surface area contributed by atoms with Crippen LogP contribution < -0.4 is 5.32 Å². The molecule has 28 heavy (non-hydrogen) atoms. The lowest BCUT2D eigenvalue weighted by Gasteiger charge is -2.37. The normalized spacial score (nSPS) is 18.0. The topological polar surface area (TPSA) is 35.6 Å². The quantitative estimate of drug-likeness (QED) is 0.717. The van der Waals surface area contributed by atoms with Gasteiger partial charge in [-0.05, 0) is 64.0 Å². The van der Waals surface area contributed by atoms with E-state index in [1.54, 1.807) is 0 Å². The number of hydrogen-bond donors (Lipinski definition) is 1. The van der Waals surface area contributed by atoms with Gasteiger partial charge >= 0.3 is 18.4 Å². The van der Waals surface area contributed by atoms with Crippen LogP contribution in [-0.2, 0) is 12.4 Å². The number of amides is 2. The molecule has 0 saturated carbocycles. The zero-order valence-corrected chi connectivity index (χ0v) is 15.8. The molecule has 4 nitrogen and oxygen atoms in total. The first-order chi connectivity index (χ1) is 12.8. The number of rotatable bonds is 3. The van der Waals surface area contributed by atoms with Gasteiger partial charge in [-0.15, -0.1) is 0 Å². The third kappa shape index (κ3) is 5.52. The van der Waals surface area contributed by atoms with Crippen LogP contribution in [-0.4, -0.2) is 49.1 Å². The summed E-state index contributed by atoms with van der Waals surface area (Å²) in [5, 5.41) is 2.17. The van der Waals surface area contributed by atoms with Crippen LogP contribution in [0.4, 0.5) is 36.8 Å². The van der Waals surface area contributed by atoms with E-state index in [0.717, 1.165) is 25.9 Å². The summed E-state index contributed by atoms with van der Waals surface area (Å²) in [4.78, 5) is 15.9. The third-order valence-electron chi connectivity index (χ3n) is 5.22. The maximum Gasteiger partial charge on any atom is 0.416 e. The minimum Gasteiger partial charge on any atom is -0.325 e. The Morgan fingerprint density at radius 2 is 1.54 bits per heavy atom. The molecule has 1 heterocycles. The van der Waals surface area contributed by atoms with Gasteiger partial charge in [0.2, 0.25) is 0 Å². The highest BCUT2D eigenvalue weighted by atomic mass is 19.4. The van der Waals surface area contributed by atoms with Crippen LogP contribution in [0, 0.1) is 5.92 Å². The largest absolute Gasteiger partial charge is 0.416 e. The van der Waals surface area contributed by atoms with Gasteiger partial charge in [0.25, 0.3) is 0 Å². The number of nitrogens with zero attached hydrogens (tertiary/aromatic N) is 2. The minimum atomic E-state index is -4.96. The zero-order chi connectivity index (χ0) is 21.3. The number of hydrogen-bond acceptors (Lipinski definition) is 2. The monoisotopic (exact) mass is 411 g/mol. The van der Waals surface area contributed by atoms with Crippen molar-refractivity contribution in [2.45, 2.75) is 38.2 Å². The molecule has 10 heteroatoms. The Kier molecular flexibility index (Phi) is 6.52. The Labute approximate surface area is 159 Å². The van der Waals surface area contributed by atoms with E-state index in [1.807, 2.05) is 14.0 Å². The van der Waals surface area contributed by atoms with E-state index >= 15 is 0 Å². The molecular formula is C18H23F6N3O. The molecule has 0 spiro atoms. The van der Waals surface area contributed by atoms with Gasteiger partial charge in [0, 0.05) is 18.8 Å². The van der Waals surface area contributed by atoms with Crippen molar-refractivity contribution in [1.29, 1.82) is 0 Å². The number of anilines is 1. The van der Waals surface area contributed by atoms with E-state index in [2.05, 4.69) is 10.2 Å². The van der Waals surface area contributed by atoms with E-state index in [4.69, 9.17) is 0 Å². The van der Waals surface area contributed by atoms with Gasteiger partial charge in [-0.3, -0.25) is 0 Å². The Balaban J connectivity index is 2.18. The SMILES string of the molecule is C[C@@H](C1CCN(C)CC1)N(C)C(=O)Nc1cc(C(F)(F)F)cc(C(F)(F)F)c1. The zero-order valence-electron chi connectivity index (χ0n) is 15.8. The highest BCUT2D eigenvalue weighted by molar-refractivity contribution is 5.89. The molecule has 0 aromatic heterocycles. The van der Waals surface area contributed by atoms with Gasteiger partial charge in [0.1, 0.15) is 0 Å². The van der Waals surface area contributed by atoms with E-state index in [0.29, 0.717) is 12.1 Å². The fourth-order valence-corrected chi connectivity index (χ4v) is 3.25. The van der Waals surface area contributed by atoms with Gasteiger partial charge in [-0.1, -0.05) is 0 Å². The standard InChI is InChI=1S/C18H23F6N3O/c1-11(12-4-6-26(2)7-5-12)27(3)16(28)25-15-9-13(17(19,20)21)8-14(10-15)18(22,23)24/h8-12H,4-7H2,1-3H3,(H,25,28)/t11-/m0/s1. The van der Waals surface area contributed by atoms with Crippen molar-refractivity contribution >= 4 is 11.7 Å². The third-order valence-corrected chi connectivity index (χ3v) is 5.22. The smallest absolute Gasteiger partial charge is 0.325 e. The Hall–Kier alpha value is -1.97. The van der Waals surface area contributed by atoms with Crippen molar-refractivity contribution in [2.75, 3.05) is 32.5 Å². The summed E-state index contributed by atoms with van der Waals surface area (Å²) in [7, 11) is 3.47. The number of benzene rings is 1. The minimum absolute atomic E-state index is 0.0283. The van der Waals surface area contributed by atoms with E-state index in [1.165, 1.54) is 11.9 Å². The number of likely N-dealkylation sites (tertiary alicyclic amines) is 1. The van der Waals surface area contributed by atoms with Gasteiger partial charge in [0.15, 0.2) is 0 Å². The molecule has 2 rings (SSSR count). The Bertz CT molecular complexity index is 663. The summed E-state index contributed by atoms with van der Waals surface area (Å²) in [6.07, 6.45) is -8.21. The number of carbonyl (C=O) groups excluding carboxylic acids is 1. The molecule has 1 aliphatic rings. The molecule has 1 aromatic carbocycles. The second kappa shape index (κ2) is 8.18. The molecule has 0 unspecified atom stereocenters. The number of piperidine rings is 1.